The summed E-state index contributed by atoms with van der Waals surface area (Å²) in [5.41, 5.74) is 1.000. The van der Waals surface area contributed by atoms with Crippen molar-refractivity contribution >= 4 is 32.8 Å². The minimum Gasteiger partial charge on any atom is -0.478 e. The zero-order chi connectivity index (χ0) is 14.0. The van der Waals surface area contributed by atoms with Gasteiger partial charge in [0, 0.05) is 17.1 Å². The summed E-state index contributed by atoms with van der Waals surface area (Å²) in [6, 6.07) is 5.28. The first kappa shape index (κ1) is 13.5. The fourth-order valence-corrected chi connectivity index (χ4v) is 2.13. The first-order valence-electron chi connectivity index (χ1n) is 5.52. The average Bonchev–Trinajstić information content (AvgIpc) is 2.32. The van der Waals surface area contributed by atoms with E-state index in [2.05, 4.69) is 20.9 Å². The lowest BCUT2D eigenvalue weighted by Gasteiger charge is -2.06. The minimum atomic E-state index is -1.03. The summed E-state index contributed by atoms with van der Waals surface area (Å²) in [6.07, 6.45) is 2.51. The molecule has 0 aliphatic rings. The molecule has 5 nitrogen and oxygen atoms in total. The first-order valence-corrected chi connectivity index (χ1v) is 6.31. The van der Waals surface area contributed by atoms with Crippen molar-refractivity contribution < 1.29 is 9.90 Å². The van der Waals surface area contributed by atoms with Crippen molar-refractivity contribution in [3.63, 3.8) is 0 Å². The molecule has 98 valence electrons. The predicted octanol–water partition coefficient (Wildman–Crippen LogP) is 2.19. The van der Waals surface area contributed by atoms with Crippen LogP contribution in [0.4, 0.5) is 0 Å². The number of hydrogen-bond donors (Lipinski definition) is 1. The number of halogens is 1. The van der Waals surface area contributed by atoms with Gasteiger partial charge in [-0.05, 0) is 30.7 Å². The second-order valence-electron chi connectivity index (χ2n) is 4.17. The molecule has 1 N–H and O–H groups in total. The van der Waals surface area contributed by atoms with Crippen molar-refractivity contribution in [2.45, 2.75) is 13.5 Å². The highest BCUT2D eigenvalue weighted by molar-refractivity contribution is 9.10. The molecule has 19 heavy (non-hydrogen) atoms. The third-order valence-corrected chi connectivity index (χ3v) is 3.07. The Hall–Kier alpha value is -1.95. The number of carbonyl (C=O) groups is 1. The number of fused-ring (bicyclic) bond motifs is 1. The molecule has 0 saturated carbocycles. The van der Waals surface area contributed by atoms with Gasteiger partial charge in [0.2, 0.25) is 0 Å². The van der Waals surface area contributed by atoms with Crippen LogP contribution in [0.3, 0.4) is 0 Å². The number of hydrogen-bond acceptors (Lipinski definition) is 3. The van der Waals surface area contributed by atoms with Crippen LogP contribution in [0.1, 0.15) is 6.92 Å². The predicted molar refractivity (Wildman–Crippen MR) is 75.1 cm³/mol. The quantitative estimate of drug-likeness (QED) is 0.879. The van der Waals surface area contributed by atoms with Gasteiger partial charge in [0.15, 0.2) is 0 Å². The molecule has 0 aliphatic carbocycles. The molecule has 0 spiro atoms. The van der Waals surface area contributed by atoms with Crippen LogP contribution in [0, 0.1) is 0 Å². The fraction of sp³-hybridized carbons (Fsp3) is 0.154. The van der Waals surface area contributed by atoms with Gasteiger partial charge in [0.1, 0.15) is 0 Å². The average molecular weight is 323 g/mol. The standard InChI is InChI=1S/C13H11BrN2O3/c1-8(4-12(17)18)6-16-7-15-11-3-2-9(14)5-10(11)13(16)19/h2-5,7H,6H2,1H3,(H,17,18). The van der Waals surface area contributed by atoms with E-state index in [1.807, 2.05) is 6.07 Å². The molecule has 0 radical (unpaired) electrons. The van der Waals surface area contributed by atoms with Crippen LogP contribution in [0.5, 0.6) is 0 Å². The minimum absolute atomic E-state index is 0.190. The molecule has 0 atom stereocenters. The molecule has 0 saturated heterocycles. The first-order chi connectivity index (χ1) is 8.97. The summed E-state index contributed by atoms with van der Waals surface area (Å²) in [5, 5.41) is 9.15. The van der Waals surface area contributed by atoms with Gasteiger partial charge in [-0.3, -0.25) is 9.36 Å². The summed E-state index contributed by atoms with van der Waals surface area (Å²) >= 11 is 3.31. The molecule has 2 aromatic rings. The van der Waals surface area contributed by atoms with Gasteiger partial charge < -0.3 is 5.11 Å². The fourth-order valence-electron chi connectivity index (χ4n) is 1.77. The number of aromatic nitrogens is 2. The second-order valence-corrected chi connectivity index (χ2v) is 5.08. The second kappa shape index (κ2) is 5.36. The molecular formula is C13H11BrN2O3. The van der Waals surface area contributed by atoms with Crippen LogP contribution in [0.25, 0.3) is 10.9 Å². The SMILES string of the molecule is CC(=CC(=O)O)Cn1cnc2ccc(Br)cc2c1=O. The van der Waals surface area contributed by atoms with E-state index < -0.39 is 5.97 Å². The Morgan fingerprint density at radius 3 is 2.95 bits per heavy atom. The van der Waals surface area contributed by atoms with Gasteiger partial charge in [-0.15, -0.1) is 0 Å². The van der Waals surface area contributed by atoms with Crippen molar-refractivity contribution in [1.82, 2.24) is 9.55 Å². The lowest BCUT2D eigenvalue weighted by molar-refractivity contribution is -0.131. The molecule has 2 rings (SSSR count). The van der Waals surface area contributed by atoms with Crippen LogP contribution in [0.15, 0.2) is 45.4 Å². The number of allylic oxidation sites excluding steroid dienone is 1. The summed E-state index contributed by atoms with van der Waals surface area (Å²) in [7, 11) is 0. The molecule has 0 unspecified atom stereocenters. The van der Waals surface area contributed by atoms with E-state index in [1.165, 1.54) is 10.9 Å². The Morgan fingerprint density at radius 2 is 2.26 bits per heavy atom. The smallest absolute Gasteiger partial charge is 0.328 e. The van der Waals surface area contributed by atoms with Crippen LogP contribution in [0.2, 0.25) is 0 Å². The number of aliphatic carboxylic acids is 1. The van der Waals surface area contributed by atoms with Crippen LogP contribution < -0.4 is 5.56 Å². The third kappa shape index (κ3) is 3.08. The molecule has 0 bridgehead atoms. The van der Waals surface area contributed by atoms with E-state index in [4.69, 9.17) is 5.11 Å². The normalized spacial score (nSPS) is 11.8. The van der Waals surface area contributed by atoms with Gasteiger partial charge in [0.05, 0.1) is 17.2 Å². The Bertz CT molecular complexity index is 734. The number of carboxylic acids is 1. The molecule has 1 heterocycles. The summed E-state index contributed by atoms with van der Waals surface area (Å²) in [5.74, 6) is -1.03. The summed E-state index contributed by atoms with van der Waals surface area (Å²) < 4.78 is 2.19. The van der Waals surface area contributed by atoms with E-state index in [0.717, 1.165) is 10.5 Å². The summed E-state index contributed by atoms with van der Waals surface area (Å²) in [6.45, 7) is 1.87. The van der Waals surface area contributed by atoms with E-state index in [9.17, 15) is 9.59 Å². The van der Waals surface area contributed by atoms with Gasteiger partial charge in [-0.2, -0.15) is 0 Å². The summed E-state index contributed by atoms with van der Waals surface area (Å²) in [4.78, 5) is 27.0. The van der Waals surface area contributed by atoms with E-state index >= 15 is 0 Å². The van der Waals surface area contributed by atoms with Crippen LogP contribution in [-0.4, -0.2) is 20.6 Å². The molecular weight excluding hydrogens is 312 g/mol. The zero-order valence-corrected chi connectivity index (χ0v) is 11.7. The molecule has 1 aromatic heterocycles. The van der Waals surface area contributed by atoms with E-state index in [-0.39, 0.29) is 12.1 Å². The van der Waals surface area contributed by atoms with Gasteiger partial charge in [-0.25, -0.2) is 9.78 Å². The molecule has 1 aromatic carbocycles. The topological polar surface area (TPSA) is 72.2 Å². The van der Waals surface area contributed by atoms with Crippen molar-refractivity contribution in [1.29, 1.82) is 0 Å². The van der Waals surface area contributed by atoms with Gasteiger partial charge >= 0.3 is 5.97 Å². The highest BCUT2D eigenvalue weighted by atomic mass is 79.9. The van der Waals surface area contributed by atoms with Gasteiger partial charge in [-0.1, -0.05) is 15.9 Å². The van der Waals surface area contributed by atoms with Gasteiger partial charge in [0.25, 0.3) is 5.56 Å². The maximum atomic E-state index is 12.2. The number of nitrogens with zero attached hydrogens (tertiary/aromatic N) is 2. The zero-order valence-electron chi connectivity index (χ0n) is 10.1. The van der Waals surface area contributed by atoms with Crippen molar-refractivity contribution in [3.05, 3.63) is 51.0 Å². The number of carboxylic acid groups (broad SMARTS) is 1. The van der Waals surface area contributed by atoms with Crippen molar-refractivity contribution in [3.8, 4) is 0 Å². The number of benzene rings is 1. The third-order valence-electron chi connectivity index (χ3n) is 2.58. The Morgan fingerprint density at radius 1 is 1.53 bits per heavy atom. The Kier molecular flexibility index (Phi) is 3.80. The maximum Gasteiger partial charge on any atom is 0.328 e. The molecule has 6 heteroatoms. The molecule has 0 amide bonds. The highest BCUT2D eigenvalue weighted by Crippen LogP contribution is 2.14. The van der Waals surface area contributed by atoms with Crippen molar-refractivity contribution in [2.24, 2.45) is 0 Å². The molecule has 0 fully saturated rings. The Labute approximate surface area is 117 Å². The largest absolute Gasteiger partial charge is 0.478 e. The highest BCUT2D eigenvalue weighted by Gasteiger charge is 2.05. The molecule has 0 aliphatic heterocycles. The lowest BCUT2D eigenvalue weighted by atomic mass is 10.2. The van der Waals surface area contributed by atoms with Crippen LogP contribution in [-0.2, 0) is 11.3 Å². The van der Waals surface area contributed by atoms with E-state index in [1.54, 1.807) is 19.1 Å². The Balaban J connectivity index is 2.48. The van der Waals surface area contributed by atoms with Crippen LogP contribution >= 0.6 is 15.9 Å². The number of rotatable bonds is 3. The maximum absolute atomic E-state index is 12.2. The van der Waals surface area contributed by atoms with Crippen molar-refractivity contribution in [2.75, 3.05) is 0 Å². The van der Waals surface area contributed by atoms with E-state index in [0.29, 0.717) is 16.5 Å². The lowest BCUT2D eigenvalue weighted by Crippen LogP contribution is -2.21. The monoisotopic (exact) mass is 322 g/mol.